The normalized spacial score (nSPS) is 13.5. The lowest BCUT2D eigenvalue weighted by molar-refractivity contribution is -0.0954. The maximum Gasteiger partial charge on any atom is 0.274 e. The van der Waals surface area contributed by atoms with Crippen LogP contribution in [0, 0.1) is 6.92 Å². The summed E-state index contributed by atoms with van der Waals surface area (Å²) in [4.78, 5) is 0. The van der Waals surface area contributed by atoms with Crippen molar-refractivity contribution in [2.24, 2.45) is 0 Å². The van der Waals surface area contributed by atoms with E-state index in [2.05, 4.69) is 5.10 Å². The van der Waals surface area contributed by atoms with E-state index in [1.807, 2.05) is 13.1 Å². The Morgan fingerprint density at radius 1 is 1.32 bits per heavy atom. The summed E-state index contributed by atoms with van der Waals surface area (Å²) in [6.07, 6.45) is 1.90. The van der Waals surface area contributed by atoms with Crippen LogP contribution in [0.2, 0.25) is 0 Å². The quantitative estimate of drug-likeness (QED) is 0.924. The van der Waals surface area contributed by atoms with E-state index in [0.29, 0.717) is 13.5 Å². The third-order valence-corrected chi connectivity index (χ3v) is 2.88. The van der Waals surface area contributed by atoms with E-state index in [1.54, 1.807) is 23.0 Å². The Morgan fingerprint density at radius 3 is 2.42 bits per heavy atom. The van der Waals surface area contributed by atoms with Gasteiger partial charge in [0.15, 0.2) is 0 Å². The average Bonchev–Trinajstić information content (AvgIpc) is 2.74. The molecule has 0 saturated heterocycles. The molecule has 3 nitrogen and oxygen atoms in total. The van der Waals surface area contributed by atoms with Gasteiger partial charge in [0.1, 0.15) is 6.10 Å². The highest BCUT2D eigenvalue weighted by atomic mass is 19.3. The van der Waals surface area contributed by atoms with Crippen molar-refractivity contribution < 1.29 is 13.9 Å². The van der Waals surface area contributed by atoms with Crippen molar-refractivity contribution in [1.29, 1.82) is 0 Å². The predicted molar refractivity (Wildman–Crippen MR) is 68.1 cm³/mol. The van der Waals surface area contributed by atoms with E-state index in [9.17, 15) is 13.9 Å². The fraction of sp³-hybridized carbons (Fsp3) is 0.357. The number of hydrogen-bond donors (Lipinski definition) is 1. The van der Waals surface area contributed by atoms with Gasteiger partial charge in [-0.05, 0) is 23.6 Å². The molecule has 102 valence electrons. The maximum atomic E-state index is 13.0. The monoisotopic (exact) mass is 266 g/mol. The molecule has 0 spiro atoms. The number of aliphatic hydroxyl groups excluding tert-OH is 1. The molecule has 0 aliphatic heterocycles. The van der Waals surface area contributed by atoms with E-state index in [1.165, 1.54) is 12.1 Å². The molecule has 0 aliphatic carbocycles. The highest BCUT2D eigenvalue weighted by Gasteiger charge is 2.33. The maximum absolute atomic E-state index is 13.0. The van der Waals surface area contributed by atoms with Crippen LogP contribution in [0.5, 0.6) is 0 Å². The Hall–Kier alpha value is -1.75. The van der Waals surface area contributed by atoms with Gasteiger partial charge in [-0.2, -0.15) is 5.10 Å². The molecule has 19 heavy (non-hydrogen) atoms. The summed E-state index contributed by atoms with van der Waals surface area (Å²) in [5, 5.41) is 13.6. The fourth-order valence-corrected chi connectivity index (χ4v) is 1.84. The molecular weight excluding hydrogens is 250 g/mol. The van der Waals surface area contributed by atoms with Crippen molar-refractivity contribution in [3.05, 3.63) is 53.3 Å². The van der Waals surface area contributed by atoms with Gasteiger partial charge in [0.2, 0.25) is 0 Å². The lowest BCUT2D eigenvalue weighted by atomic mass is 10.0. The van der Waals surface area contributed by atoms with E-state index in [0.717, 1.165) is 11.1 Å². The van der Waals surface area contributed by atoms with Crippen LogP contribution in [0.15, 0.2) is 36.7 Å². The molecule has 2 rings (SSSR count). The Balaban J connectivity index is 2.10. The summed E-state index contributed by atoms with van der Waals surface area (Å²) in [5.74, 6) is -3.14. The summed E-state index contributed by atoms with van der Waals surface area (Å²) in [7, 11) is 0. The number of halogens is 2. The first-order valence-electron chi connectivity index (χ1n) is 6.00. The number of alkyl halides is 2. The third kappa shape index (κ3) is 3.38. The SMILES string of the molecule is Cc1cnn(Cc2ccc(C(O)C(C)(F)F)cc2)c1. The van der Waals surface area contributed by atoms with Gasteiger partial charge in [-0.15, -0.1) is 0 Å². The van der Waals surface area contributed by atoms with Gasteiger partial charge in [-0.1, -0.05) is 24.3 Å². The second kappa shape index (κ2) is 5.09. The smallest absolute Gasteiger partial charge is 0.274 e. The van der Waals surface area contributed by atoms with E-state index in [4.69, 9.17) is 0 Å². The van der Waals surface area contributed by atoms with Gasteiger partial charge in [-0.3, -0.25) is 4.68 Å². The van der Waals surface area contributed by atoms with E-state index in [-0.39, 0.29) is 5.56 Å². The molecule has 1 aromatic heterocycles. The minimum atomic E-state index is -3.14. The largest absolute Gasteiger partial charge is 0.382 e. The van der Waals surface area contributed by atoms with Crippen molar-refractivity contribution in [3.8, 4) is 0 Å². The molecule has 1 heterocycles. The molecule has 0 bridgehead atoms. The minimum absolute atomic E-state index is 0.216. The highest BCUT2D eigenvalue weighted by molar-refractivity contribution is 5.25. The lowest BCUT2D eigenvalue weighted by Crippen LogP contribution is -2.21. The molecule has 1 N–H and O–H groups in total. The first-order valence-corrected chi connectivity index (χ1v) is 6.00. The number of hydrogen-bond acceptors (Lipinski definition) is 2. The Morgan fingerprint density at radius 2 is 1.95 bits per heavy atom. The zero-order valence-corrected chi connectivity index (χ0v) is 10.8. The molecule has 0 fully saturated rings. The highest BCUT2D eigenvalue weighted by Crippen LogP contribution is 2.30. The summed E-state index contributed by atoms with van der Waals surface area (Å²) in [5.41, 5.74) is 2.23. The van der Waals surface area contributed by atoms with Crippen LogP contribution in [-0.2, 0) is 6.54 Å². The van der Waals surface area contributed by atoms with Crippen molar-refractivity contribution in [2.75, 3.05) is 0 Å². The van der Waals surface area contributed by atoms with Crippen LogP contribution in [0.1, 0.15) is 29.7 Å². The second-order valence-electron chi connectivity index (χ2n) is 4.82. The molecule has 2 aromatic rings. The number of aliphatic hydroxyl groups is 1. The predicted octanol–water partition coefficient (Wildman–Crippen LogP) is 2.93. The molecule has 0 amide bonds. The standard InChI is InChI=1S/C14H16F2N2O/c1-10-7-17-18(8-10)9-11-3-5-12(6-4-11)13(19)14(2,15)16/h3-8,13,19H,9H2,1-2H3. The van der Waals surface area contributed by atoms with Crippen LogP contribution >= 0.6 is 0 Å². The number of aromatic nitrogens is 2. The molecule has 1 unspecified atom stereocenters. The van der Waals surface area contributed by atoms with Crippen molar-refractivity contribution in [2.45, 2.75) is 32.4 Å². The van der Waals surface area contributed by atoms with Crippen LogP contribution in [0.4, 0.5) is 8.78 Å². The first-order chi connectivity index (χ1) is 8.86. The lowest BCUT2D eigenvalue weighted by Gasteiger charge is -2.18. The van der Waals surface area contributed by atoms with Crippen molar-refractivity contribution >= 4 is 0 Å². The first kappa shape index (κ1) is 13.7. The Labute approximate surface area is 110 Å². The van der Waals surface area contributed by atoms with E-state index < -0.39 is 12.0 Å². The van der Waals surface area contributed by atoms with E-state index >= 15 is 0 Å². The van der Waals surface area contributed by atoms with Gasteiger partial charge in [0.05, 0.1) is 12.7 Å². The number of rotatable bonds is 4. The Bertz CT molecular complexity index is 543. The third-order valence-electron chi connectivity index (χ3n) is 2.88. The Kier molecular flexibility index (Phi) is 3.66. The summed E-state index contributed by atoms with van der Waals surface area (Å²) in [6.45, 7) is 3.23. The van der Waals surface area contributed by atoms with Gasteiger partial charge in [0, 0.05) is 13.1 Å². The summed E-state index contributed by atoms with van der Waals surface area (Å²) < 4.78 is 27.7. The van der Waals surface area contributed by atoms with Gasteiger partial charge >= 0.3 is 0 Å². The summed E-state index contributed by atoms with van der Waals surface area (Å²) in [6, 6.07) is 6.49. The van der Waals surface area contributed by atoms with Gasteiger partial charge < -0.3 is 5.11 Å². The average molecular weight is 266 g/mol. The summed E-state index contributed by atoms with van der Waals surface area (Å²) >= 11 is 0. The molecule has 0 saturated carbocycles. The number of benzene rings is 1. The van der Waals surface area contributed by atoms with Crippen molar-refractivity contribution in [1.82, 2.24) is 9.78 Å². The minimum Gasteiger partial charge on any atom is -0.382 e. The van der Waals surface area contributed by atoms with Gasteiger partial charge in [0.25, 0.3) is 5.92 Å². The number of aryl methyl sites for hydroxylation is 1. The molecule has 0 radical (unpaired) electrons. The fourth-order valence-electron chi connectivity index (χ4n) is 1.84. The van der Waals surface area contributed by atoms with Crippen molar-refractivity contribution in [3.63, 3.8) is 0 Å². The van der Waals surface area contributed by atoms with Crippen LogP contribution in [-0.4, -0.2) is 20.8 Å². The zero-order chi connectivity index (χ0) is 14.0. The molecule has 1 atom stereocenters. The topological polar surface area (TPSA) is 38.0 Å². The molecule has 0 aliphatic rings. The number of nitrogens with zero attached hydrogens (tertiary/aromatic N) is 2. The van der Waals surface area contributed by atoms with Crippen LogP contribution in [0.25, 0.3) is 0 Å². The second-order valence-corrected chi connectivity index (χ2v) is 4.82. The molecule has 5 heteroatoms. The molecular formula is C14H16F2N2O. The van der Waals surface area contributed by atoms with Crippen LogP contribution < -0.4 is 0 Å². The van der Waals surface area contributed by atoms with Crippen LogP contribution in [0.3, 0.4) is 0 Å². The zero-order valence-electron chi connectivity index (χ0n) is 10.8. The van der Waals surface area contributed by atoms with Gasteiger partial charge in [-0.25, -0.2) is 8.78 Å². The molecule has 1 aromatic carbocycles.